The highest BCUT2D eigenvalue weighted by Gasteiger charge is 2.11. The molecule has 0 saturated carbocycles. The van der Waals surface area contributed by atoms with Gasteiger partial charge in [0.25, 0.3) is 5.91 Å². The van der Waals surface area contributed by atoms with Gasteiger partial charge in [-0.15, -0.1) is 0 Å². The molecular formula is C14H11FN2O3. The van der Waals surface area contributed by atoms with Gasteiger partial charge < -0.3 is 10.2 Å². The minimum Gasteiger partial charge on any atom is -0.507 e. The standard InChI is InChI=1S/C14H11FN2O3/c15-10-5-6-13(19)11(7-10)14(20)17-16-8-9-3-1-2-4-12(9)18/h1-8,18-19H,(H,17,20). The number of carbonyl (C=O) groups excluding carboxylic acids is 1. The van der Waals surface area contributed by atoms with Crippen molar-refractivity contribution in [3.63, 3.8) is 0 Å². The number of benzene rings is 2. The molecule has 0 aromatic heterocycles. The number of rotatable bonds is 3. The number of carbonyl (C=O) groups is 1. The number of hydrogen-bond donors (Lipinski definition) is 3. The lowest BCUT2D eigenvalue weighted by atomic mass is 10.2. The summed E-state index contributed by atoms with van der Waals surface area (Å²) >= 11 is 0. The van der Waals surface area contributed by atoms with Gasteiger partial charge in [0, 0.05) is 5.56 Å². The SMILES string of the molecule is O=C(NN=Cc1ccccc1O)c1cc(F)ccc1O. The van der Waals surface area contributed by atoms with E-state index in [0.717, 1.165) is 18.2 Å². The van der Waals surface area contributed by atoms with Crippen molar-refractivity contribution in [2.24, 2.45) is 5.10 Å². The number of halogens is 1. The van der Waals surface area contributed by atoms with E-state index in [1.54, 1.807) is 18.2 Å². The third kappa shape index (κ3) is 3.11. The first-order chi connectivity index (χ1) is 9.58. The Morgan fingerprint density at radius 1 is 1.15 bits per heavy atom. The fourth-order valence-electron chi connectivity index (χ4n) is 1.51. The molecule has 0 fully saturated rings. The molecule has 2 aromatic carbocycles. The zero-order valence-corrected chi connectivity index (χ0v) is 10.2. The van der Waals surface area contributed by atoms with Gasteiger partial charge in [-0.2, -0.15) is 5.10 Å². The van der Waals surface area contributed by atoms with Crippen LogP contribution in [0.3, 0.4) is 0 Å². The molecule has 0 heterocycles. The average Bonchev–Trinajstić information content (AvgIpc) is 2.43. The van der Waals surface area contributed by atoms with E-state index in [-0.39, 0.29) is 17.1 Å². The molecule has 0 bridgehead atoms. The number of aromatic hydroxyl groups is 2. The van der Waals surface area contributed by atoms with E-state index in [1.165, 1.54) is 12.3 Å². The van der Waals surface area contributed by atoms with E-state index in [0.29, 0.717) is 5.56 Å². The van der Waals surface area contributed by atoms with Crippen molar-refractivity contribution in [1.29, 1.82) is 0 Å². The van der Waals surface area contributed by atoms with Crippen molar-refractivity contribution in [3.8, 4) is 11.5 Å². The Morgan fingerprint density at radius 2 is 1.90 bits per heavy atom. The summed E-state index contributed by atoms with van der Waals surface area (Å²) in [6.45, 7) is 0. The minimum absolute atomic E-state index is 0.0131. The second-order valence-electron chi connectivity index (χ2n) is 3.92. The van der Waals surface area contributed by atoms with Crippen LogP contribution in [0.2, 0.25) is 0 Å². The van der Waals surface area contributed by atoms with Gasteiger partial charge in [-0.25, -0.2) is 9.82 Å². The van der Waals surface area contributed by atoms with Crippen LogP contribution in [0.5, 0.6) is 11.5 Å². The predicted octanol–water partition coefficient (Wildman–Crippen LogP) is 2.00. The van der Waals surface area contributed by atoms with Crippen molar-refractivity contribution in [2.45, 2.75) is 0 Å². The van der Waals surface area contributed by atoms with Crippen LogP contribution >= 0.6 is 0 Å². The van der Waals surface area contributed by atoms with E-state index >= 15 is 0 Å². The van der Waals surface area contributed by atoms with Crippen LogP contribution in [0.15, 0.2) is 47.6 Å². The number of phenolic OH excluding ortho intramolecular Hbond substituents is 2. The summed E-state index contributed by atoms with van der Waals surface area (Å²) in [5.74, 6) is -1.73. The Kier molecular flexibility index (Phi) is 3.95. The predicted molar refractivity (Wildman–Crippen MR) is 71.2 cm³/mol. The van der Waals surface area contributed by atoms with E-state index in [9.17, 15) is 19.4 Å². The molecular weight excluding hydrogens is 263 g/mol. The zero-order chi connectivity index (χ0) is 14.5. The van der Waals surface area contributed by atoms with Crippen LogP contribution in [-0.4, -0.2) is 22.3 Å². The lowest BCUT2D eigenvalue weighted by Gasteiger charge is -2.03. The normalized spacial score (nSPS) is 10.7. The Balaban J connectivity index is 2.09. The first kappa shape index (κ1) is 13.5. The molecule has 20 heavy (non-hydrogen) atoms. The summed E-state index contributed by atoms with van der Waals surface area (Å²) in [6.07, 6.45) is 1.24. The molecule has 1 amide bonds. The van der Waals surface area contributed by atoms with E-state index in [1.807, 2.05) is 0 Å². The van der Waals surface area contributed by atoms with Crippen LogP contribution in [0.1, 0.15) is 15.9 Å². The Hall–Kier alpha value is -2.89. The molecule has 0 aliphatic rings. The third-order valence-corrected chi connectivity index (χ3v) is 2.51. The lowest BCUT2D eigenvalue weighted by Crippen LogP contribution is -2.18. The van der Waals surface area contributed by atoms with Crippen molar-refractivity contribution in [1.82, 2.24) is 5.43 Å². The second-order valence-corrected chi connectivity index (χ2v) is 3.92. The van der Waals surface area contributed by atoms with Crippen molar-refractivity contribution < 1.29 is 19.4 Å². The summed E-state index contributed by atoms with van der Waals surface area (Å²) in [4.78, 5) is 11.7. The van der Waals surface area contributed by atoms with Crippen molar-refractivity contribution >= 4 is 12.1 Å². The fourth-order valence-corrected chi connectivity index (χ4v) is 1.51. The van der Waals surface area contributed by atoms with Crippen LogP contribution in [0, 0.1) is 5.82 Å². The van der Waals surface area contributed by atoms with Gasteiger partial charge >= 0.3 is 0 Å². The largest absolute Gasteiger partial charge is 0.507 e. The van der Waals surface area contributed by atoms with Gasteiger partial charge in [0.05, 0.1) is 11.8 Å². The number of para-hydroxylation sites is 1. The third-order valence-electron chi connectivity index (χ3n) is 2.51. The number of hydrazone groups is 1. The van der Waals surface area contributed by atoms with Gasteiger partial charge in [-0.05, 0) is 30.3 Å². The molecule has 0 radical (unpaired) electrons. The second kappa shape index (κ2) is 5.83. The highest BCUT2D eigenvalue weighted by molar-refractivity contribution is 5.97. The molecule has 2 rings (SSSR count). The molecule has 5 nitrogen and oxygen atoms in total. The summed E-state index contributed by atoms with van der Waals surface area (Å²) < 4.78 is 13.0. The Morgan fingerprint density at radius 3 is 2.65 bits per heavy atom. The summed E-state index contributed by atoms with van der Waals surface area (Å²) in [5.41, 5.74) is 2.33. The highest BCUT2D eigenvalue weighted by atomic mass is 19.1. The average molecular weight is 274 g/mol. The molecule has 2 aromatic rings. The van der Waals surface area contributed by atoms with Crippen LogP contribution < -0.4 is 5.43 Å². The van der Waals surface area contributed by atoms with Crippen molar-refractivity contribution in [2.75, 3.05) is 0 Å². The molecule has 0 spiro atoms. The molecule has 3 N–H and O–H groups in total. The molecule has 0 saturated heterocycles. The number of amides is 1. The number of phenols is 2. The first-order valence-electron chi connectivity index (χ1n) is 5.68. The summed E-state index contributed by atoms with van der Waals surface area (Å²) in [6, 6.07) is 9.44. The number of nitrogens with zero attached hydrogens (tertiary/aromatic N) is 1. The smallest absolute Gasteiger partial charge is 0.275 e. The van der Waals surface area contributed by atoms with Crippen molar-refractivity contribution in [3.05, 3.63) is 59.4 Å². The quantitative estimate of drug-likeness (QED) is 0.591. The van der Waals surface area contributed by atoms with Gasteiger partial charge in [-0.1, -0.05) is 12.1 Å². The maximum absolute atomic E-state index is 13.0. The molecule has 102 valence electrons. The highest BCUT2D eigenvalue weighted by Crippen LogP contribution is 2.17. The summed E-state index contributed by atoms with van der Waals surface area (Å²) in [5, 5.41) is 22.6. The van der Waals surface area contributed by atoms with Gasteiger partial charge in [0.2, 0.25) is 0 Å². The zero-order valence-electron chi connectivity index (χ0n) is 10.2. The maximum Gasteiger partial charge on any atom is 0.275 e. The molecule has 6 heteroatoms. The number of hydrogen-bond acceptors (Lipinski definition) is 4. The molecule has 0 unspecified atom stereocenters. The lowest BCUT2D eigenvalue weighted by molar-refractivity contribution is 0.0952. The van der Waals surface area contributed by atoms with Gasteiger partial charge in [0.1, 0.15) is 17.3 Å². The van der Waals surface area contributed by atoms with Gasteiger partial charge in [-0.3, -0.25) is 4.79 Å². The van der Waals surface area contributed by atoms with E-state index in [2.05, 4.69) is 10.5 Å². The monoisotopic (exact) mass is 274 g/mol. The topological polar surface area (TPSA) is 81.9 Å². The molecule has 0 atom stereocenters. The summed E-state index contributed by atoms with van der Waals surface area (Å²) in [7, 11) is 0. The molecule has 0 aliphatic heterocycles. The first-order valence-corrected chi connectivity index (χ1v) is 5.68. The number of nitrogens with one attached hydrogen (secondary N) is 1. The fraction of sp³-hybridized carbons (Fsp3) is 0. The Labute approximate surface area is 114 Å². The minimum atomic E-state index is -0.756. The van der Waals surface area contributed by atoms with E-state index in [4.69, 9.17) is 0 Å². The van der Waals surface area contributed by atoms with Crippen LogP contribution in [0.4, 0.5) is 4.39 Å². The van der Waals surface area contributed by atoms with E-state index < -0.39 is 11.7 Å². The van der Waals surface area contributed by atoms with Crippen LogP contribution in [-0.2, 0) is 0 Å². The van der Waals surface area contributed by atoms with Gasteiger partial charge in [0.15, 0.2) is 0 Å². The maximum atomic E-state index is 13.0. The van der Waals surface area contributed by atoms with Crippen LogP contribution in [0.25, 0.3) is 0 Å². The Bertz CT molecular complexity index is 671. The molecule has 0 aliphatic carbocycles.